The Morgan fingerprint density at radius 3 is 3.00 bits per heavy atom. The molecule has 1 amide bonds. The Hall–Kier alpha value is -2.83. The highest BCUT2D eigenvalue weighted by molar-refractivity contribution is 5.90. The summed E-state index contributed by atoms with van der Waals surface area (Å²) in [5.41, 5.74) is 1.87. The lowest BCUT2D eigenvalue weighted by Gasteiger charge is -2.15. The van der Waals surface area contributed by atoms with Gasteiger partial charge in [0.1, 0.15) is 6.54 Å². The maximum absolute atomic E-state index is 12.0. The molecule has 120 valence electrons. The molecule has 2 N–H and O–H groups in total. The Morgan fingerprint density at radius 1 is 1.35 bits per heavy atom. The van der Waals surface area contributed by atoms with Crippen LogP contribution in [0.2, 0.25) is 0 Å². The monoisotopic (exact) mass is 312 g/mol. The number of likely N-dealkylation sites (N-methyl/N-ethyl adjacent to an activating group) is 1. The van der Waals surface area contributed by atoms with E-state index in [0.717, 1.165) is 30.3 Å². The Kier molecular flexibility index (Phi) is 4.56. The van der Waals surface area contributed by atoms with Crippen molar-refractivity contribution < 1.29 is 4.79 Å². The number of hydrogen-bond donors (Lipinski definition) is 2. The van der Waals surface area contributed by atoms with E-state index in [2.05, 4.69) is 25.6 Å². The fourth-order valence-corrected chi connectivity index (χ4v) is 2.41. The number of benzene rings is 1. The van der Waals surface area contributed by atoms with Crippen molar-refractivity contribution in [2.45, 2.75) is 13.1 Å². The van der Waals surface area contributed by atoms with Crippen LogP contribution < -0.4 is 10.6 Å². The van der Waals surface area contributed by atoms with E-state index in [1.54, 1.807) is 23.1 Å². The molecule has 1 aromatic carbocycles. The first-order chi connectivity index (χ1) is 11.2. The zero-order chi connectivity index (χ0) is 16.1. The Morgan fingerprint density at radius 2 is 2.26 bits per heavy atom. The molecule has 1 aliphatic heterocycles. The summed E-state index contributed by atoms with van der Waals surface area (Å²) in [5, 5.41) is 10.2. The minimum absolute atomic E-state index is 0.0984. The normalized spacial score (nSPS) is 13.8. The van der Waals surface area contributed by atoms with Crippen LogP contribution in [0.5, 0.6) is 0 Å². The number of guanidine groups is 1. The average molecular weight is 312 g/mol. The van der Waals surface area contributed by atoms with Gasteiger partial charge in [-0.1, -0.05) is 12.1 Å². The van der Waals surface area contributed by atoms with E-state index in [4.69, 9.17) is 0 Å². The molecule has 0 fully saturated rings. The van der Waals surface area contributed by atoms with E-state index in [0.29, 0.717) is 6.54 Å². The third-order valence-corrected chi connectivity index (χ3v) is 3.58. The van der Waals surface area contributed by atoms with Crippen molar-refractivity contribution in [3.63, 3.8) is 0 Å². The quantitative estimate of drug-likeness (QED) is 0.861. The van der Waals surface area contributed by atoms with E-state index in [1.807, 2.05) is 31.3 Å². The molecule has 0 spiro atoms. The molecule has 1 aromatic heterocycles. The van der Waals surface area contributed by atoms with E-state index in [9.17, 15) is 4.79 Å². The number of hydrogen-bond acceptors (Lipinski definition) is 5. The topological polar surface area (TPSA) is 74.5 Å². The van der Waals surface area contributed by atoms with Crippen molar-refractivity contribution in [1.29, 1.82) is 0 Å². The molecule has 0 radical (unpaired) electrons. The van der Waals surface area contributed by atoms with Gasteiger partial charge in [-0.25, -0.2) is 0 Å². The second-order valence-corrected chi connectivity index (χ2v) is 5.43. The zero-order valence-corrected chi connectivity index (χ0v) is 13.1. The van der Waals surface area contributed by atoms with Crippen LogP contribution in [-0.2, 0) is 17.9 Å². The van der Waals surface area contributed by atoms with Gasteiger partial charge >= 0.3 is 0 Å². The predicted octanol–water partition coefficient (Wildman–Crippen LogP) is 0.913. The van der Waals surface area contributed by atoms with Crippen LogP contribution in [0.1, 0.15) is 5.56 Å². The van der Waals surface area contributed by atoms with Gasteiger partial charge in [0.2, 0.25) is 5.91 Å². The summed E-state index contributed by atoms with van der Waals surface area (Å²) in [6, 6.07) is 9.59. The molecule has 7 nitrogen and oxygen atoms in total. The summed E-state index contributed by atoms with van der Waals surface area (Å²) in [7, 11) is 2.02. The fraction of sp³-hybridized carbons (Fsp3) is 0.312. The number of aliphatic imine (C=N–C) groups is 1. The molecule has 0 bridgehead atoms. The highest BCUT2D eigenvalue weighted by Crippen LogP contribution is 2.11. The van der Waals surface area contributed by atoms with Gasteiger partial charge in [0.05, 0.1) is 6.54 Å². The van der Waals surface area contributed by atoms with Crippen LogP contribution in [-0.4, -0.2) is 46.7 Å². The van der Waals surface area contributed by atoms with Gasteiger partial charge in [0.15, 0.2) is 5.96 Å². The third kappa shape index (κ3) is 4.09. The van der Waals surface area contributed by atoms with Crippen molar-refractivity contribution in [3.8, 4) is 0 Å². The number of rotatable bonds is 5. The van der Waals surface area contributed by atoms with Gasteiger partial charge in [0.25, 0.3) is 0 Å². The van der Waals surface area contributed by atoms with Crippen molar-refractivity contribution in [2.75, 3.05) is 25.5 Å². The third-order valence-electron chi connectivity index (χ3n) is 3.58. The largest absolute Gasteiger partial charge is 0.352 e. The summed E-state index contributed by atoms with van der Waals surface area (Å²) < 4.78 is 1.59. The Labute approximate surface area is 135 Å². The molecule has 23 heavy (non-hydrogen) atoms. The molecule has 0 atom stereocenters. The Balaban J connectivity index is 1.55. The maximum atomic E-state index is 12.0. The fourth-order valence-electron chi connectivity index (χ4n) is 2.41. The van der Waals surface area contributed by atoms with Crippen molar-refractivity contribution in [1.82, 2.24) is 20.0 Å². The lowest BCUT2D eigenvalue weighted by atomic mass is 10.2. The van der Waals surface area contributed by atoms with Gasteiger partial charge in [-0.2, -0.15) is 5.10 Å². The zero-order valence-electron chi connectivity index (χ0n) is 13.1. The molecule has 1 aliphatic rings. The SMILES string of the molecule is CN1CCN=C1NCc1cccc(NC(=O)Cn2cccn2)c1. The van der Waals surface area contributed by atoms with E-state index < -0.39 is 0 Å². The van der Waals surface area contributed by atoms with Gasteiger partial charge < -0.3 is 15.5 Å². The van der Waals surface area contributed by atoms with Crippen LogP contribution in [0.4, 0.5) is 5.69 Å². The van der Waals surface area contributed by atoms with Crippen molar-refractivity contribution in [3.05, 3.63) is 48.3 Å². The van der Waals surface area contributed by atoms with Gasteiger partial charge in [0, 0.05) is 38.2 Å². The standard InChI is InChI=1S/C16H20N6O/c1-21-9-7-17-16(21)18-11-13-4-2-5-14(10-13)20-15(23)12-22-8-3-6-19-22/h2-6,8,10H,7,9,11-12H2,1H3,(H,17,18)(H,20,23). The first-order valence-corrected chi connectivity index (χ1v) is 7.56. The van der Waals surface area contributed by atoms with Crippen LogP contribution in [0.15, 0.2) is 47.7 Å². The lowest BCUT2D eigenvalue weighted by molar-refractivity contribution is -0.116. The number of anilines is 1. The van der Waals surface area contributed by atoms with Gasteiger partial charge in [-0.3, -0.25) is 14.5 Å². The first kappa shape index (κ1) is 15.1. The van der Waals surface area contributed by atoms with E-state index in [-0.39, 0.29) is 12.5 Å². The molecule has 7 heteroatoms. The molecule has 2 aromatic rings. The molecule has 0 saturated heterocycles. The number of carbonyl (C=O) groups excluding carboxylic acids is 1. The molecule has 0 aliphatic carbocycles. The Bertz CT molecular complexity index is 694. The summed E-state index contributed by atoms with van der Waals surface area (Å²) in [6.45, 7) is 2.66. The predicted molar refractivity (Wildman–Crippen MR) is 89.1 cm³/mol. The summed E-state index contributed by atoms with van der Waals surface area (Å²) >= 11 is 0. The summed E-state index contributed by atoms with van der Waals surface area (Å²) in [5.74, 6) is 0.817. The highest BCUT2D eigenvalue weighted by Gasteiger charge is 2.11. The van der Waals surface area contributed by atoms with E-state index >= 15 is 0 Å². The first-order valence-electron chi connectivity index (χ1n) is 7.56. The van der Waals surface area contributed by atoms with E-state index in [1.165, 1.54) is 0 Å². The van der Waals surface area contributed by atoms with Gasteiger partial charge in [-0.15, -0.1) is 0 Å². The number of nitrogens with one attached hydrogen (secondary N) is 2. The molecular weight excluding hydrogens is 292 g/mol. The second-order valence-electron chi connectivity index (χ2n) is 5.43. The molecule has 3 rings (SSSR count). The van der Waals surface area contributed by atoms with Crippen LogP contribution in [0.3, 0.4) is 0 Å². The summed E-state index contributed by atoms with van der Waals surface area (Å²) in [4.78, 5) is 18.5. The average Bonchev–Trinajstić information content (AvgIpc) is 3.17. The lowest BCUT2D eigenvalue weighted by Crippen LogP contribution is -2.35. The van der Waals surface area contributed by atoms with Crippen LogP contribution in [0.25, 0.3) is 0 Å². The number of carbonyl (C=O) groups is 1. The molecule has 2 heterocycles. The van der Waals surface area contributed by atoms with Crippen LogP contribution in [0, 0.1) is 0 Å². The smallest absolute Gasteiger partial charge is 0.246 e. The molecule has 0 saturated carbocycles. The summed E-state index contributed by atoms with van der Waals surface area (Å²) in [6.07, 6.45) is 3.42. The number of aromatic nitrogens is 2. The maximum Gasteiger partial charge on any atom is 0.246 e. The minimum Gasteiger partial charge on any atom is -0.352 e. The number of amides is 1. The van der Waals surface area contributed by atoms with Crippen molar-refractivity contribution in [2.24, 2.45) is 4.99 Å². The molecule has 0 unspecified atom stereocenters. The minimum atomic E-state index is -0.0984. The number of nitrogens with zero attached hydrogens (tertiary/aromatic N) is 4. The second kappa shape index (κ2) is 6.95. The molecular formula is C16H20N6O. The van der Waals surface area contributed by atoms with Gasteiger partial charge in [-0.05, 0) is 23.8 Å². The van der Waals surface area contributed by atoms with Crippen molar-refractivity contribution >= 4 is 17.6 Å². The highest BCUT2D eigenvalue weighted by atomic mass is 16.2. The van der Waals surface area contributed by atoms with Crippen LogP contribution >= 0.6 is 0 Å².